The molecule has 1 N–H and O–H groups in total. The van der Waals surface area contributed by atoms with Gasteiger partial charge < -0.3 is 14.7 Å². The summed E-state index contributed by atoms with van der Waals surface area (Å²) in [7, 11) is -3.50. The summed E-state index contributed by atoms with van der Waals surface area (Å²) in [6.45, 7) is 6.50. The largest absolute Gasteiger partial charge is 0.466 e. The summed E-state index contributed by atoms with van der Waals surface area (Å²) in [6, 6.07) is 3.68. The number of hydrogen-bond acceptors (Lipinski definition) is 7. The first-order valence-corrected chi connectivity index (χ1v) is 13.7. The van der Waals surface area contributed by atoms with Gasteiger partial charge in [0, 0.05) is 24.4 Å². The lowest BCUT2D eigenvalue weighted by atomic mass is 9.83. The summed E-state index contributed by atoms with van der Waals surface area (Å²) in [5.74, 6) is -0.275. The predicted molar refractivity (Wildman–Crippen MR) is 126 cm³/mol. The molecule has 3 atom stereocenters. The zero-order valence-corrected chi connectivity index (χ0v) is 20.9. The first-order chi connectivity index (χ1) is 15.9. The highest BCUT2D eigenvalue weighted by Gasteiger charge is 2.36. The molecule has 1 aliphatic rings. The first kappa shape index (κ1) is 24.4. The van der Waals surface area contributed by atoms with E-state index >= 15 is 0 Å². The van der Waals surface area contributed by atoms with Crippen molar-refractivity contribution in [2.75, 3.05) is 12.8 Å². The SMILES string of the molecule is CC(C)C1CC(C(C)Oc2nn3cc(-c4ccc(S(C)(=O)=O)cc4F)nc3s2)CCN1C(=O)O. The number of carbonyl (C=O) groups is 1. The van der Waals surface area contributed by atoms with Gasteiger partial charge in [-0.25, -0.2) is 27.1 Å². The zero-order chi connectivity index (χ0) is 24.8. The Labute approximate surface area is 201 Å². The Morgan fingerprint density at radius 3 is 2.65 bits per heavy atom. The number of benzene rings is 1. The topological polar surface area (TPSA) is 114 Å². The average molecular weight is 511 g/mol. The number of imidazole rings is 1. The molecule has 0 spiro atoms. The van der Waals surface area contributed by atoms with Crippen LogP contribution in [0.2, 0.25) is 0 Å². The maximum absolute atomic E-state index is 14.5. The number of aromatic nitrogens is 3. The average Bonchev–Trinajstić information content (AvgIpc) is 3.30. The fraction of sp³-hybridized carbons (Fsp3) is 0.500. The Hall–Kier alpha value is -2.73. The van der Waals surface area contributed by atoms with Gasteiger partial charge in [-0.1, -0.05) is 13.8 Å². The van der Waals surface area contributed by atoms with E-state index in [1.807, 2.05) is 20.8 Å². The molecule has 0 aliphatic carbocycles. The van der Waals surface area contributed by atoms with Gasteiger partial charge in [-0.15, -0.1) is 5.10 Å². The van der Waals surface area contributed by atoms with Crippen molar-refractivity contribution in [2.45, 2.75) is 50.7 Å². The molecule has 0 bridgehead atoms. The minimum Gasteiger partial charge on any atom is -0.466 e. The lowest BCUT2D eigenvalue weighted by Gasteiger charge is -2.41. The van der Waals surface area contributed by atoms with E-state index in [0.717, 1.165) is 18.7 Å². The molecular weight excluding hydrogens is 483 g/mol. The van der Waals surface area contributed by atoms with E-state index < -0.39 is 21.7 Å². The molecule has 1 fully saturated rings. The van der Waals surface area contributed by atoms with Gasteiger partial charge in [0.05, 0.1) is 16.8 Å². The van der Waals surface area contributed by atoms with Gasteiger partial charge in [-0.2, -0.15) is 0 Å². The van der Waals surface area contributed by atoms with E-state index in [2.05, 4.69) is 10.1 Å². The number of amides is 1. The number of halogens is 1. The van der Waals surface area contributed by atoms with Crippen molar-refractivity contribution in [3.8, 4) is 16.5 Å². The fourth-order valence-electron chi connectivity index (χ4n) is 4.37. The molecule has 3 unspecified atom stereocenters. The van der Waals surface area contributed by atoms with Crippen molar-refractivity contribution >= 4 is 32.2 Å². The smallest absolute Gasteiger partial charge is 0.407 e. The molecule has 2 aromatic heterocycles. The third-order valence-corrected chi connectivity index (χ3v) is 8.24. The van der Waals surface area contributed by atoms with Crippen LogP contribution in [-0.4, -0.2) is 64.1 Å². The minimum atomic E-state index is -3.50. The number of likely N-dealkylation sites (tertiary alicyclic amines) is 1. The quantitative estimate of drug-likeness (QED) is 0.529. The highest BCUT2D eigenvalue weighted by atomic mass is 32.2. The van der Waals surface area contributed by atoms with Crippen LogP contribution in [0.1, 0.15) is 33.6 Å². The third-order valence-electron chi connectivity index (χ3n) is 6.32. The molecule has 1 saturated heterocycles. The molecular formula is C22H27FN4O5S2. The highest BCUT2D eigenvalue weighted by molar-refractivity contribution is 7.90. The lowest BCUT2D eigenvalue weighted by molar-refractivity contribution is 0.0353. The van der Waals surface area contributed by atoms with Crippen molar-refractivity contribution in [1.29, 1.82) is 0 Å². The second-order valence-electron chi connectivity index (χ2n) is 9.03. The molecule has 3 aromatic rings. The Kier molecular flexibility index (Phi) is 6.56. The minimum absolute atomic E-state index is 0.0533. The maximum atomic E-state index is 14.5. The molecule has 3 heterocycles. The Balaban J connectivity index is 1.48. The van der Waals surface area contributed by atoms with Crippen molar-refractivity contribution in [1.82, 2.24) is 19.5 Å². The van der Waals surface area contributed by atoms with Gasteiger partial charge in [-0.05, 0) is 61.1 Å². The van der Waals surface area contributed by atoms with Crippen LogP contribution >= 0.6 is 11.3 Å². The Morgan fingerprint density at radius 1 is 1.32 bits per heavy atom. The molecule has 0 saturated carbocycles. The van der Waals surface area contributed by atoms with Crippen molar-refractivity contribution < 1.29 is 27.4 Å². The number of piperidine rings is 1. The van der Waals surface area contributed by atoms with Crippen LogP contribution in [0, 0.1) is 17.7 Å². The monoisotopic (exact) mass is 510 g/mol. The highest BCUT2D eigenvalue weighted by Crippen LogP contribution is 2.33. The predicted octanol–water partition coefficient (Wildman–Crippen LogP) is 4.18. The number of hydrogen-bond donors (Lipinski definition) is 1. The van der Waals surface area contributed by atoms with Gasteiger partial charge in [-0.3, -0.25) is 0 Å². The van der Waals surface area contributed by atoms with E-state index in [0.29, 0.717) is 28.8 Å². The van der Waals surface area contributed by atoms with Gasteiger partial charge in [0.25, 0.3) is 5.19 Å². The summed E-state index contributed by atoms with van der Waals surface area (Å²) in [4.78, 5) is 17.9. The van der Waals surface area contributed by atoms with Crippen molar-refractivity contribution in [2.24, 2.45) is 11.8 Å². The van der Waals surface area contributed by atoms with Crippen LogP contribution in [0.5, 0.6) is 5.19 Å². The van der Waals surface area contributed by atoms with E-state index in [4.69, 9.17) is 4.74 Å². The molecule has 4 rings (SSSR count). The number of fused-ring (bicyclic) bond motifs is 1. The summed E-state index contributed by atoms with van der Waals surface area (Å²) < 4.78 is 45.4. The van der Waals surface area contributed by atoms with Crippen LogP contribution in [0.4, 0.5) is 9.18 Å². The standard InChI is InChI=1S/C22H27FN4O5S2/c1-12(2)19-9-14(7-8-26(19)22(28)29)13(3)32-21-25-27-11-18(24-20(27)33-21)16-6-5-15(10-17(16)23)34(4,30)31/h5-6,10-14,19H,7-9H2,1-4H3,(H,28,29). The zero-order valence-electron chi connectivity index (χ0n) is 19.3. The number of nitrogens with zero attached hydrogens (tertiary/aromatic N) is 4. The number of rotatable bonds is 6. The van der Waals surface area contributed by atoms with Gasteiger partial charge >= 0.3 is 6.09 Å². The molecule has 9 nitrogen and oxygen atoms in total. The molecule has 12 heteroatoms. The van der Waals surface area contributed by atoms with E-state index in [1.54, 1.807) is 6.20 Å². The molecule has 1 aliphatic heterocycles. The fourth-order valence-corrected chi connectivity index (χ4v) is 5.82. The number of sulfone groups is 1. The van der Waals surface area contributed by atoms with Crippen LogP contribution < -0.4 is 4.74 Å². The van der Waals surface area contributed by atoms with Gasteiger partial charge in [0.15, 0.2) is 9.84 Å². The second kappa shape index (κ2) is 9.14. The van der Waals surface area contributed by atoms with Gasteiger partial charge in [0.1, 0.15) is 11.9 Å². The summed E-state index contributed by atoms with van der Waals surface area (Å²) in [6.07, 6.45) is 2.99. The van der Waals surface area contributed by atoms with Crippen molar-refractivity contribution in [3.63, 3.8) is 0 Å². The summed E-state index contributed by atoms with van der Waals surface area (Å²) in [5, 5.41) is 14.3. The second-order valence-corrected chi connectivity index (χ2v) is 12.0. The van der Waals surface area contributed by atoms with E-state index in [1.165, 1.54) is 32.9 Å². The normalized spacial score (nSPS) is 20.1. The van der Waals surface area contributed by atoms with Gasteiger partial charge in [0.2, 0.25) is 4.96 Å². The Bertz CT molecular complexity index is 1290. The molecule has 1 aromatic carbocycles. The van der Waals surface area contributed by atoms with E-state index in [-0.39, 0.29) is 34.4 Å². The molecule has 1 amide bonds. The van der Waals surface area contributed by atoms with Crippen molar-refractivity contribution in [3.05, 3.63) is 30.2 Å². The third kappa shape index (κ3) is 4.88. The van der Waals surface area contributed by atoms with E-state index in [9.17, 15) is 22.7 Å². The number of ether oxygens (including phenoxy) is 1. The molecule has 184 valence electrons. The summed E-state index contributed by atoms with van der Waals surface area (Å²) in [5.41, 5.74) is 0.530. The van der Waals surface area contributed by atoms with Crippen LogP contribution in [0.15, 0.2) is 29.3 Å². The molecule has 34 heavy (non-hydrogen) atoms. The first-order valence-electron chi connectivity index (χ1n) is 11.0. The maximum Gasteiger partial charge on any atom is 0.407 e. The Morgan fingerprint density at radius 2 is 2.06 bits per heavy atom. The molecule has 0 radical (unpaired) electrons. The van der Waals surface area contributed by atoms with Crippen LogP contribution in [0.3, 0.4) is 0 Å². The number of carboxylic acid groups (broad SMARTS) is 1. The lowest BCUT2D eigenvalue weighted by Crippen LogP contribution is -2.50. The van der Waals surface area contributed by atoms with Crippen LogP contribution in [-0.2, 0) is 9.84 Å². The van der Waals surface area contributed by atoms with Crippen LogP contribution in [0.25, 0.3) is 16.2 Å². The summed E-state index contributed by atoms with van der Waals surface area (Å²) >= 11 is 1.23.